The molecule has 1 heteroatoms. The minimum absolute atomic E-state index is 0.132. The van der Waals surface area contributed by atoms with Crippen LogP contribution in [0.2, 0.25) is 0 Å². The van der Waals surface area contributed by atoms with Crippen molar-refractivity contribution in [2.24, 2.45) is 11.8 Å². The SMILES string of the molecule is Cc1ccc(CC(O)C2CC2C)cc1. The highest BCUT2D eigenvalue weighted by Crippen LogP contribution is 2.41. The topological polar surface area (TPSA) is 20.2 Å². The van der Waals surface area contributed by atoms with Crippen LogP contribution in [0, 0.1) is 18.8 Å². The molecule has 1 fully saturated rings. The van der Waals surface area contributed by atoms with E-state index in [4.69, 9.17) is 0 Å². The van der Waals surface area contributed by atoms with Gasteiger partial charge in [0.25, 0.3) is 0 Å². The maximum atomic E-state index is 9.88. The summed E-state index contributed by atoms with van der Waals surface area (Å²) in [5.74, 6) is 1.28. The predicted molar refractivity (Wildman–Crippen MR) is 58.2 cm³/mol. The number of aliphatic hydroxyl groups is 1. The molecule has 14 heavy (non-hydrogen) atoms. The highest BCUT2D eigenvalue weighted by atomic mass is 16.3. The minimum atomic E-state index is -0.132. The van der Waals surface area contributed by atoms with Crippen molar-refractivity contribution in [1.82, 2.24) is 0 Å². The van der Waals surface area contributed by atoms with E-state index < -0.39 is 0 Å². The van der Waals surface area contributed by atoms with Crippen molar-refractivity contribution in [2.45, 2.75) is 32.8 Å². The van der Waals surface area contributed by atoms with Crippen molar-refractivity contribution in [3.63, 3.8) is 0 Å². The van der Waals surface area contributed by atoms with Gasteiger partial charge in [0.2, 0.25) is 0 Å². The lowest BCUT2D eigenvalue weighted by Crippen LogP contribution is -2.13. The van der Waals surface area contributed by atoms with Gasteiger partial charge in [-0.05, 0) is 37.2 Å². The molecule has 0 spiro atoms. The Morgan fingerprint density at radius 1 is 1.36 bits per heavy atom. The first-order valence-corrected chi connectivity index (χ1v) is 5.40. The summed E-state index contributed by atoms with van der Waals surface area (Å²) in [6.45, 7) is 4.30. The van der Waals surface area contributed by atoms with Crippen LogP contribution in [0.3, 0.4) is 0 Å². The molecule has 1 aromatic carbocycles. The van der Waals surface area contributed by atoms with Gasteiger partial charge in [-0.1, -0.05) is 36.8 Å². The molecule has 1 aliphatic carbocycles. The Balaban J connectivity index is 1.93. The van der Waals surface area contributed by atoms with Gasteiger partial charge in [-0.2, -0.15) is 0 Å². The second-order valence-electron chi connectivity index (χ2n) is 4.63. The van der Waals surface area contributed by atoms with Gasteiger partial charge in [0.15, 0.2) is 0 Å². The van der Waals surface area contributed by atoms with E-state index in [-0.39, 0.29) is 6.10 Å². The van der Waals surface area contributed by atoms with Crippen molar-refractivity contribution >= 4 is 0 Å². The van der Waals surface area contributed by atoms with Crippen molar-refractivity contribution in [2.75, 3.05) is 0 Å². The molecule has 76 valence electrons. The molecule has 2 rings (SSSR count). The van der Waals surface area contributed by atoms with Crippen LogP contribution in [0.25, 0.3) is 0 Å². The Morgan fingerprint density at radius 3 is 2.43 bits per heavy atom. The van der Waals surface area contributed by atoms with E-state index in [9.17, 15) is 5.11 Å². The van der Waals surface area contributed by atoms with Gasteiger partial charge in [-0.15, -0.1) is 0 Å². The molecule has 0 aromatic heterocycles. The van der Waals surface area contributed by atoms with E-state index in [2.05, 4.69) is 38.1 Å². The van der Waals surface area contributed by atoms with Crippen LogP contribution in [0.15, 0.2) is 24.3 Å². The smallest absolute Gasteiger partial charge is 0.0611 e. The summed E-state index contributed by atoms with van der Waals surface area (Å²) in [6, 6.07) is 8.45. The summed E-state index contributed by atoms with van der Waals surface area (Å²) in [4.78, 5) is 0. The first-order chi connectivity index (χ1) is 6.66. The fraction of sp³-hybridized carbons (Fsp3) is 0.538. The summed E-state index contributed by atoms with van der Waals surface area (Å²) in [5, 5.41) is 9.88. The predicted octanol–water partition coefficient (Wildman–Crippen LogP) is 2.55. The van der Waals surface area contributed by atoms with Gasteiger partial charge in [-0.3, -0.25) is 0 Å². The van der Waals surface area contributed by atoms with Gasteiger partial charge in [0.05, 0.1) is 6.10 Å². The number of aryl methyl sites for hydroxylation is 1. The van der Waals surface area contributed by atoms with Crippen molar-refractivity contribution in [1.29, 1.82) is 0 Å². The van der Waals surface area contributed by atoms with E-state index >= 15 is 0 Å². The second-order valence-corrected chi connectivity index (χ2v) is 4.63. The third kappa shape index (κ3) is 2.16. The molecule has 0 aliphatic heterocycles. The van der Waals surface area contributed by atoms with Gasteiger partial charge in [0.1, 0.15) is 0 Å². The Bertz CT molecular complexity index is 302. The maximum Gasteiger partial charge on any atom is 0.0611 e. The Morgan fingerprint density at radius 2 is 1.93 bits per heavy atom. The molecule has 0 bridgehead atoms. The van der Waals surface area contributed by atoms with Crippen LogP contribution >= 0.6 is 0 Å². The standard InChI is InChI=1S/C13H18O/c1-9-3-5-11(6-4-9)8-13(14)12-7-10(12)2/h3-6,10,12-14H,7-8H2,1-2H3. The molecular formula is C13H18O. The normalized spacial score (nSPS) is 27.4. The van der Waals surface area contributed by atoms with Crippen molar-refractivity contribution in [3.8, 4) is 0 Å². The van der Waals surface area contributed by atoms with E-state index in [1.165, 1.54) is 17.5 Å². The Kier molecular flexibility index (Phi) is 2.60. The Hall–Kier alpha value is -0.820. The number of aliphatic hydroxyl groups excluding tert-OH is 1. The van der Waals surface area contributed by atoms with Gasteiger partial charge < -0.3 is 5.11 Å². The molecule has 1 aromatic rings. The van der Waals surface area contributed by atoms with Gasteiger partial charge in [0, 0.05) is 0 Å². The van der Waals surface area contributed by atoms with Gasteiger partial charge in [-0.25, -0.2) is 0 Å². The van der Waals surface area contributed by atoms with E-state index in [1.807, 2.05) is 0 Å². The minimum Gasteiger partial charge on any atom is -0.392 e. The van der Waals surface area contributed by atoms with Crippen LogP contribution < -0.4 is 0 Å². The molecule has 0 amide bonds. The molecule has 0 radical (unpaired) electrons. The molecule has 3 unspecified atom stereocenters. The van der Waals surface area contributed by atoms with Gasteiger partial charge >= 0.3 is 0 Å². The van der Waals surface area contributed by atoms with Crippen molar-refractivity contribution < 1.29 is 5.11 Å². The van der Waals surface area contributed by atoms with Crippen molar-refractivity contribution in [3.05, 3.63) is 35.4 Å². The molecule has 1 aliphatic rings. The largest absolute Gasteiger partial charge is 0.392 e. The van der Waals surface area contributed by atoms with Crippen LogP contribution in [0.5, 0.6) is 0 Å². The third-order valence-corrected chi connectivity index (χ3v) is 3.23. The van der Waals surface area contributed by atoms with Crippen LogP contribution in [0.4, 0.5) is 0 Å². The molecule has 1 nitrogen and oxygen atoms in total. The molecule has 0 heterocycles. The molecular weight excluding hydrogens is 172 g/mol. The zero-order valence-corrected chi connectivity index (χ0v) is 8.90. The zero-order chi connectivity index (χ0) is 10.1. The fourth-order valence-corrected chi connectivity index (χ4v) is 2.00. The first kappa shape index (κ1) is 9.72. The highest BCUT2D eigenvalue weighted by molar-refractivity contribution is 5.22. The maximum absolute atomic E-state index is 9.88. The number of hydrogen-bond donors (Lipinski definition) is 1. The average molecular weight is 190 g/mol. The summed E-state index contributed by atoms with van der Waals surface area (Å²) >= 11 is 0. The monoisotopic (exact) mass is 190 g/mol. The summed E-state index contributed by atoms with van der Waals surface area (Å²) in [7, 11) is 0. The number of rotatable bonds is 3. The van der Waals surface area contributed by atoms with Crippen LogP contribution in [-0.4, -0.2) is 11.2 Å². The van der Waals surface area contributed by atoms with E-state index in [0.717, 1.165) is 12.3 Å². The molecule has 0 saturated heterocycles. The Labute approximate surface area is 85.8 Å². The number of hydrogen-bond acceptors (Lipinski definition) is 1. The highest BCUT2D eigenvalue weighted by Gasteiger charge is 2.38. The molecule has 1 saturated carbocycles. The third-order valence-electron chi connectivity index (χ3n) is 3.23. The first-order valence-electron chi connectivity index (χ1n) is 5.40. The van der Waals surface area contributed by atoms with E-state index in [0.29, 0.717) is 5.92 Å². The van der Waals surface area contributed by atoms with Crippen LogP contribution in [-0.2, 0) is 6.42 Å². The summed E-state index contributed by atoms with van der Waals surface area (Å²) in [6.07, 6.45) is 1.88. The lowest BCUT2D eigenvalue weighted by molar-refractivity contribution is 0.146. The average Bonchev–Trinajstić information content (AvgIpc) is 2.87. The second kappa shape index (κ2) is 3.74. The van der Waals surface area contributed by atoms with E-state index in [1.54, 1.807) is 0 Å². The summed E-state index contributed by atoms with van der Waals surface area (Å²) < 4.78 is 0. The molecule has 3 atom stereocenters. The lowest BCUT2D eigenvalue weighted by Gasteiger charge is -2.09. The number of benzene rings is 1. The zero-order valence-electron chi connectivity index (χ0n) is 8.90. The lowest BCUT2D eigenvalue weighted by atomic mass is 10.0. The molecule has 1 N–H and O–H groups in total. The fourth-order valence-electron chi connectivity index (χ4n) is 2.00. The summed E-state index contributed by atoms with van der Waals surface area (Å²) in [5.41, 5.74) is 2.53. The van der Waals surface area contributed by atoms with Crippen LogP contribution in [0.1, 0.15) is 24.5 Å². The quantitative estimate of drug-likeness (QED) is 0.776.